The highest BCUT2D eigenvalue weighted by Crippen LogP contribution is 2.22. The maximum Gasteiger partial charge on any atom is 0.137 e. The van der Waals surface area contributed by atoms with Crippen molar-refractivity contribution in [2.75, 3.05) is 44.7 Å². The highest BCUT2D eigenvalue weighted by molar-refractivity contribution is 6.30. The minimum Gasteiger partial charge on any atom is -0.379 e. The van der Waals surface area contributed by atoms with E-state index >= 15 is 0 Å². The highest BCUT2D eigenvalue weighted by atomic mass is 35.5. The van der Waals surface area contributed by atoms with Gasteiger partial charge in [-0.15, -0.1) is 0 Å². The van der Waals surface area contributed by atoms with E-state index in [1.54, 1.807) is 0 Å². The lowest BCUT2D eigenvalue weighted by atomic mass is 10.2. The topological polar surface area (TPSA) is 50.3 Å². The molecule has 2 rings (SSSR count). The Bertz CT molecular complexity index is 447. The molecule has 1 saturated heterocycles. The molecule has 112 valence electrons. The second-order valence-corrected chi connectivity index (χ2v) is 5.74. The van der Waals surface area contributed by atoms with E-state index in [0.29, 0.717) is 5.15 Å². The van der Waals surface area contributed by atoms with E-state index in [9.17, 15) is 0 Å². The zero-order valence-electron chi connectivity index (χ0n) is 12.4. The van der Waals surface area contributed by atoms with Crippen LogP contribution >= 0.6 is 11.6 Å². The van der Waals surface area contributed by atoms with Crippen molar-refractivity contribution in [2.45, 2.75) is 26.7 Å². The van der Waals surface area contributed by atoms with Gasteiger partial charge in [0.1, 0.15) is 16.8 Å². The van der Waals surface area contributed by atoms with Crippen molar-refractivity contribution in [3.05, 3.63) is 16.5 Å². The van der Waals surface area contributed by atoms with Crippen LogP contribution in [0.25, 0.3) is 0 Å². The van der Waals surface area contributed by atoms with Crippen molar-refractivity contribution in [3.63, 3.8) is 0 Å². The molecule has 1 aliphatic heterocycles. The number of halogens is 1. The van der Waals surface area contributed by atoms with Gasteiger partial charge in [-0.05, 0) is 6.92 Å². The number of ether oxygens (including phenoxy) is 1. The molecule has 5 nitrogen and oxygen atoms in total. The molecule has 0 bridgehead atoms. The molecule has 1 N–H and O–H groups in total. The molecular formula is C14H23ClN4O. The van der Waals surface area contributed by atoms with E-state index in [2.05, 4.69) is 34.0 Å². The van der Waals surface area contributed by atoms with Gasteiger partial charge >= 0.3 is 0 Å². The van der Waals surface area contributed by atoms with E-state index < -0.39 is 0 Å². The third kappa shape index (κ3) is 4.04. The van der Waals surface area contributed by atoms with Gasteiger partial charge < -0.3 is 10.1 Å². The van der Waals surface area contributed by atoms with Gasteiger partial charge in [-0.1, -0.05) is 25.4 Å². The Morgan fingerprint density at radius 1 is 1.30 bits per heavy atom. The lowest BCUT2D eigenvalue weighted by Crippen LogP contribution is -2.39. The number of nitrogens with one attached hydrogen (secondary N) is 1. The zero-order valence-corrected chi connectivity index (χ0v) is 13.2. The first-order chi connectivity index (χ1) is 9.58. The van der Waals surface area contributed by atoms with Gasteiger partial charge in [0.25, 0.3) is 0 Å². The quantitative estimate of drug-likeness (QED) is 0.845. The smallest absolute Gasteiger partial charge is 0.137 e. The minimum absolute atomic E-state index is 0.271. The summed E-state index contributed by atoms with van der Waals surface area (Å²) in [5.41, 5.74) is 0.915. The Balaban J connectivity index is 1.94. The molecule has 2 heterocycles. The predicted octanol–water partition coefficient (Wildman–Crippen LogP) is 2.31. The zero-order chi connectivity index (χ0) is 14.5. The third-order valence-electron chi connectivity index (χ3n) is 3.44. The van der Waals surface area contributed by atoms with Gasteiger partial charge in [0.2, 0.25) is 0 Å². The Morgan fingerprint density at radius 3 is 2.65 bits per heavy atom. The van der Waals surface area contributed by atoms with Crippen molar-refractivity contribution in [1.82, 2.24) is 14.9 Å². The number of anilines is 1. The van der Waals surface area contributed by atoms with Gasteiger partial charge in [0.05, 0.1) is 13.2 Å². The van der Waals surface area contributed by atoms with Crippen molar-refractivity contribution in [1.29, 1.82) is 0 Å². The highest BCUT2D eigenvalue weighted by Gasteiger charge is 2.13. The van der Waals surface area contributed by atoms with Crippen molar-refractivity contribution in [3.8, 4) is 0 Å². The predicted molar refractivity (Wildman–Crippen MR) is 81.6 cm³/mol. The minimum atomic E-state index is 0.271. The van der Waals surface area contributed by atoms with Gasteiger partial charge in [-0.2, -0.15) is 0 Å². The van der Waals surface area contributed by atoms with Crippen LogP contribution in [0.5, 0.6) is 0 Å². The van der Waals surface area contributed by atoms with E-state index in [4.69, 9.17) is 16.3 Å². The van der Waals surface area contributed by atoms with Crippen LogP contribution in [0.4, 0.5) is 5.82 Å². The standard InChI is InChI=1S/C14H23ClN4O/c1-10(2)13-17-12(15)11(3)14(18-13)16-4-5-19-6-8-20-9-7-19/h10H,4-9H2,1-3H3,(H,16,17,18). The second-order valence-electron chi connectivity index (χ2n) is 5.38. The number of nitrogens with zero attached hydrogens (tertiary/aromatic N) is 3. The summed E-state index contributed by atoms with van der Waals surface area (Å²) < 4.78 is 5.34. The molecule has 0 radical (unpaired) electrons. The molecule has 1 aromatic heterocycles. The van der Waals surface area contributed by atoms with E-state index in [0.717, 1.165) is 56.6 Å². The van der Waals surface area contributed by atoms with E-state index in [-0.39, 0.29) is 5.92 Å². The van der Waals surface area contributed by atoms with Crippen LogP contribution in [0.15, 0.2) is 0 Å². The molecule has 0 amide bonds. The first-order valence-electron chi connectivity index (χ1n) is 7.16. The molecule has 0 unspecified atom stereocenters. The fraction of sp³-hybridized carbons (Fsp3) is 0.714. The average Bonchev–Trinajstić information content (AvgIpc) is 2.44. The number of rotatable bonds is 5. The molecule has 0 spiro atoms. The van der Waals surface area contributed by atoms with Crippen molar-refractivity contribution < 1.29 is 4.74 Å². The third-order valence-corrected chi connectivity index (χ3v) is 3.81. The maximum atomic E-state index is 6.17. The van der Waals surface area contributed by atoms with Crippen LogP contribution in [0.1, 0.15) is 31.2 Å². The largest absolute Gasteiger partial charge is 0.379 e. The molecule has 20 heavy (non-hydrogen) atoms. The van der Waals surface area contributed by atoms with Gasteiger partial charge in [-0.25, -0.2) is 9.97 Å². The molecule has 0 aromatic carbocycles. The van der Waals surface area contributed by atoms with Crippen molar-refractivity contribution >= 4 is 17.4 Å². The Kier molecular flexibility index (Phi) is 5.57. The van der Waals surface area contributed by atoms with E-state index in [1.165, 1.54) is 0 Å². The number of hydrogen-bond donors (Lipinski definition) is 1. The fourth-order valence-corrected chi connectivity index (χ4v) is 2.27. The summed E-state index contributed by atoms with van der Waals surface area (Å²) in [4.78, 5) is 11.3. The van der Waals surface area contributed by atoms with Crippen LogP contribution < -0.4 is 5.32 Å². The first kappa shape index (κ1) is 15.5. The van der Waals surface area contributed by atoms with Crippen LogP contribution in [0.2, 0.25) is 5.15 Å². The molecule has 0 atom stereocenters. The molecule has 1 aliphatic rings. The first-order valence-corrected chi connectivity index (χ1v) is 7.53. The Morgan fingerprint density at radius 2 is 2.00 bits per heavy atom. The normalized spacial score (nSPS) is 16.6. The fourth-order valence-electron chi connectivity index (χ4n) is 2.09. The molecular weight excluding hydrogens is 276 g/mol. The monoisotopic (exact) mass is 298 g/mol. The van der Waals surface area contributed by atoms with Crippen LogP contribution in [0.3, 0.4) is 0 Å². The molecule has 1 fully saturated rings. The number of morpholine rings is 1. The molecule has 0 aliphatic carbocycles. The lowest BCUT2D eigenvalue weighted by molar-refractivity contribution is 0.0398. The Hall–Kier alpha value is -0.910. The van der Waals surface area contributed by atoms with Crippen LogP contribution in [0, 0.1) is 6.92 Å². The van der Waals surface area contributed by atoms with Crippen LogP contribution in [-0.2, 0) is 4.74 Å². The summed E-state index contributed by atoms with van der Waals surface area (Å²) in [6.45, 7) is 11.6. The molecule has 6 heteroatoms. The summed E-state index contributed by atoms with van der Waals surface area (Å²) in [6, 6.07) is 0. The summed E-state index contributed by atoms with van der Waals surface area (Å²) in [5.74, 6) is 1.91. The van der Waals surface area contributed by atoms with E-state index in [1.807, 2.05) is 6.92 Å². The SMILES string of the molecule is Cc1c(Cl)nc(C(C)C)nc1NCCN1CCOCC1. The summed E-state index contributed by atoms with van der Waals surface area (Å²) in [6.07, 6.45) is 0. The van der Waals surface area contributed by atoms with Crippen molar-refractivity contribution in [2.24, 2.45) is 0 Å². The van der Waals surface area contributed by atoms with Crippen LogP contribution in [-0.4, -0.2) is 54.3 Å². The summed E-state index contributed by atoms with van der Waals surface area (Å²) >= 11 is 6.17. The lowest BCUT2D eigenvalue weighted by Gasteiger charge is -2.26. The van der Waals surface area contributed by atoms with Gasteiger partial charge in [-0.3, -0.25) is 4.90 Å². The van der Waals surface area contributed by atoms with Gasteiger partial charge in [0.15, 0.2) is 0 Å². The van der Waals surface area contributed by atoms with Gasteiger partial charge in [0, 0.05) is 37.7 Å². The number of hydrogen-bond acceptors (Lipinski definition) is 5. The average molecular weight is 299 g/mol. The summed E-state index contributed by atoms with van der Waals surface area (Å²) in [7, 11) is 0. The second kappa shape index (κ2) is 7.20. The summed E-state index contributed by atoms with van der Waals surface area (Å²) in [5, 5.41) is 3.92. The number of aromatic nitrogens is 2. The maximum absolute atomic E-state index is 6.17. The Labute approximate surface area is 125 Å². The molecule has 0 saturated carbocycles. The molecule has 1 aromatic rings.